The van der Waals surface area contributed by atoms with Crippen molar-refractivity contribution in [3.05, 3.63) is 36.5 Å². The van der Waals surface area contributed by atoms with Gasteiger partial charge >= 0.3 is 0 Å². The number of hydrogen-bond donors (Lipinski definition) is 0. The Morgan fingerprint density at radius 2 is 1.71 bits per heavy atom. The zero-order valence-corrected chi connectivity index (χ0v) is 30.1. The summed E-state index contributed by atoms with van der Waals surface area (Å²) >= 11 is 0. The molecule has 1 spiro atoms. The van der Waals surface area contributed by atoms with Gasteiger partial charge in [0.1, 0.15) is 0 Å². The van der Waals surface area contributed by atoms with Crippen LogP contribution in [0.5, 0.6) is 0 Å². The van der Waals surface area contributed by atoms with Crippen LogP contribution in [0.15, 0.2) is 24.3 Å². The van der Waals surface area contributed by atoms with E-state index in [0.29, 0.717) is 24.4 Å². The minimum Gasteiger partial charge on any atom is -0.438 e. The third kappa shape index (κ3) is 6.33. The Labute approximate surface area is 260 Å². The molecule has 1 aliphatic heterocycles. The zero-order chi connectivity index (χ0) is 19.6. The number of hydrogen-bond acceptors (Lipinski definition) is 2. The van der Waals surface area contributed by atoms with Gasteiger partial charge in [0.2, 0.25) is 5.91 Å². The van der Waals surface area contributed by atoms with Crippen molar-refractivity contribution in [2.75, 3.05) is 0 Å². The Morgan fingerprint density at radius 1 is 1.06 bits per heavy atom. The van der Waals surface area contributed by atoms with E-state index in [0.717, 1.165) is 29.7 Å². The largest absolute Gasteiger partial charge is 0.438 e. The van der Waals surface area contributed by atoms with E-state index < -0.39 is 0 Å². The normalized spacial score (nSPS) is 23.7. The molecule has 0 bridgehead atoms. The van der Waals surface area contributed by atoms with Crippen molar-refractivity contribution in [3.8, 4) is 0 Å². The van der Waals surface area contributed by atoms with Crippen molar-refractivity contribution in [1.82, 2.24) is 14.9 Å². The smallest absolute Gasteiger partial charge is 0.229 e. The number of likely N-dealkylation sites (tertiary alicyclic amines) is 1. The van der Waals surface area contributed by atoms with E-state index in [4.69, 9.17) is 0 Å². The van der Waals surface area contributed by atoms with E-state index in [1.54, 1.807) is 0 Å². The SMILES string of the molecule is C[CH-]C.O=C1N(Cc2nc3ccccc3[n-]2)C2CCCCC2C12CCCCC2.[U].[U].[Y]. The number of aromatic nitrogens is 2. The molecule has 2 saturated carbocycles. The quantitative estimate of drug-likeness (QED) is 0.386. The maximum absolute atomic E-state index is 13.5. The third-order valence-corrected chi connectivity index (χ3v) is 6.96. The van der Waals surface area contributed by atoms with E-state index in [-0.39, 0.29) is 100 Å². The van der Waals surface area contributed by atoms with Crippen LogP contribution in [0.3, 0.4) is 0 Å². The Kier molecular flexibility index (Phi) is 13.8. The average Bonchev–Trinajstić information content (AvgIpc) is 3.23. The first-order valence-corrected chi connectivity index (χ1v) is 11.1. The van der Waals surface area contributed by atoms with Gasteiger partial charge in [-0.25, -0.2) is 0 Å². The number of carbonyl (C=O) groups excluding carboxylic acids is 1. The van der Waals surface area contributed by atoms with Gasteiger partial charge in [-0.15, -0.1) is 0 Å². The number of imidazole rings is 1. The summed E-state index contributed by atoms with van der Waals surface area (Å²) in [6.07, 6.45) is 12.9. The molecule has 5 rings (SSSR count). The minimum atomic E-state index is -0.0602. The van der Waals surface area contributed by atoms with Crippen molar-refractivity contribution in [1.29, 1.82) is 0 Å². The van der Waals surface area contributed by atoms with Crippen molar-refractivity contribution in [2.45, 2.75) is 84.2 Å². The van der Waals surface area contributed by atoms with Gasteiger partial charge in [-0.05, 0) is 42.6 Å². The summed E-state index contributed by atoms with van der Waals surface area (Å²) in [5, 5.41) is 0. The van der Waals surface area contributed by atoms with Gasteiger partial charge in [0.05, 0.1) is 5.41 Å². The predicted molar refractivity (Wildman–Crippen MR) is 113 cm³/mol. The molecule has 2 atom stereocenters. The maximum atomic E-state index is 13.5. The summed E-state index contributed by atoms with van der Waals surface area (Å²) in [5.41, 5.74) is 1.82. The van der Waals surface area contributed by atoms with Gasteiger partial charge in [-0.1, -0.05) is 62.2 Å². The molecule has 0 N–H and O–H groups in total. The second kappa shape index (κ2) is 14.1. The fourth-order valence-corrected chi connectivity index (χ4v) is 5.86. The molecule has 3 fully saturated rings. The standard InChI is InChI=1S/C21H26N3O.C3H7.2U.Y/c25-20-21(12-6-1-7-13-21)15-8-2-5-11-18(15)24(20)14-19-22-16-9-3-4-10-17(16)23-19;1-3-2;;;/h3-4,9-10,15,18H,1-2,5-8,11-14H2;3H,1-2H3;;;/q2*-1;;;. The van der Waals surface area contributed by atoms with Gasteiger partial charge in [-0.2, -0.15) is 13.8 Å². The molecule has 1 amide bonds. The van der Waals surface area contributed by atoms with Crippen LogP contribution in [0, 0.1) is 80.0 Å². The van der Waals surface area contributed by atoms with Crippen LogP contribution in [0.25, 0.3) is 11.0 Å². The van der Waals surface area contributed by atoms with Gasteiger partial charge < -0.3 is 21.3 Å². The molecule has 1 aromatic carbocycles. The number of amides is 1. The number of para-hydroxylation sites is 2. The molecule has 31 heavy (non-hydrogen) atoms. The molecule has 1 radical (unpaired) electrons. The van der Waals surface area contributed by atoms with Gasteiger partial charge in [-0.3, -0.25) is 4.79 Å². The number of benzene rings is 1. The second-order valence-electron chi connectivity index (χ2n) is 8.81. The molecule has 7 heteroatoms. The van der Waals surface area contributed by atoms with Gasteiger partial charge in [0.15, 0.2) is 0 Å². The number of carbonyl (C=O) groups is 1. The Balaban J connectivity index is 0.000000760. The van der Waals surface area contributed by atoms with Crippen LogP contribution in [0.1, 0.15) is 77.5 Å². The summed E-state index contributed by atoms with van der Waals surface area (Å²) in [6, 6.07) is 8.42. The van der Waals surface area contributed by atoms with E-state index in [9.17, 15) is 4.79 Å². The molecule has 2 heterocycles. The molecule has 2 aliphatic carbocycles. The first kappa shape index (κ1) is 30.4. The average molecular weight is 945 g/mol. The van der Waals surface area contributed by atoms with Crippen molar-refractivity contribution in [3.63, 3.8) is 0 Å². The van der Waals surface area contributed by atoms with E-state index in [1.165, 1.54) is 44.9 Å². The van der Waals surface area contributed by atoms with Crippen molar-refractivity contribution >= 4 is 16.9 Å². The van der Waals surface area contributed by atoms with Crippen LogP contribution >= 0.6 is 0 Å². The van der Waals surface area contributed by atoms with Crippen molar-refractivity contribution in [2.24, 2.45) is 11.3 Å². The molecule has 2 aromatic rings. The van der Waals surface area contributed by atoms with E-state index in [1.807, 2.05) is 44.5 Å². The minimum absolute atomic E-state index is 0. The molecule has 163 valence electrons. The summed E-state index contributed by atoms with van der Waals surface area (Å²) in [5.74, 6) is 1.79. The zero-order valence-electron chi connectivity index (χ0n) is 18.9. The molecule has 1 saturated heterocycles. The van der Waals surface area contributed by atoms with Crippen LogP contribution in [0.2, 0.25) is 0 Å². The topological polar surface area (TPSA) is 47.3 Å². The molecule has 3 aliphatic rings. The Bertz CT molecular complexity index is 789. The van der Waals surface area contributed by atoms with Gasteiger partial charge in [0.25, 0.3) is 0 Å². The molecule has 1 aromatic heterocycles. The molecular formula is C24H33N3OU2Y-2. The van der Waals surface area contributed by atoms with Crippen molar-refractivity contribution < 1.29 is 99.7 Å². The van der Waals surface area contributed by atoms with Crippen LogP contribution < -0.4 is 4.98 Å². The van der Waals surface area contributed by atoms with Crippen LogP contribution in [-0.2, 0) is 44.0 Å². The Morgan fingerprint density at radius 3 is 2.39 bits per heavy atom. The van der Waals surface area contributed by atoms with E-state index >= 15 is 0 Å². The number of fused-ring (bicyclic) bond motifs is 3. The predicted octanol–water partition coefficient (Wildman–Crippen LogP) is 5.27. The summed E-state index contributed by atoms with van der Waals surface area (Å²) < 4.78 is 0. The van der Waals surface area contributed by atoms with Gasteiger partial charge in [0, 0.05) is 108 Å². The fraction of sp³-hybridized carbons (Fsp3) is 0.625. The first-order valence-electron chi connectivity index (χ1n) is 11.1. The monoisotopic (exact) mass is 944 g/mol. The number of nitrogens with zero attached hydrogens (tertiary/aromatic N) is 3. The number of rotatable bonds is 2. The second-order valence-corrected chi connectivity index (χ2v) is 8.81. The van der Waals surface area contributed by atoms with Crippen LogP contribution in [0.4, 0.5) is 0 Å². The fourth-order valence-electron chi connectivity index (χ4n) is 5.86. The Hall–Kier alpha value is 1.37. The first-order chi connectivity index (χ1) is 13.7. The molecule has 2 unspecified atom stereocenters. The summed E-state index contributed by atoms with van der Waals surface area (Å²) in [4.78, 5) is 25.1. The van der Waals surface area contributed by atoms with E-state index in [2.05, 4.69) is 14.9 Å². The maximum Gasteiger partial charge on any atom is 0.229 e. The van der Waals surface area contributed by atoms with Crippen LogP contribution in [-0.4, -0.2) is 21.8 Å². The molecular weight excluding hydrogens is 911 g/mol. The summed E-state index contributed by atoms with van der Waals surface area (Å²) in [7, 11) is 0. The molecule has 4 nitrogen and oxygen atoms in total. The summed E-state index contributed by atoms with van der Waals surface area (Å²) in [6.45, 7) is 4.59. The third-order valence-electron chi connectivity index (χ3n) is 6.96.